The van der Waals surface area contributed by atoms with E-state index >= 15 is 0 Å². The van der Waals surface area contributed by atoms with Gasteiger partial charge < -0.3 is 20.5 Å². The van der Waals surface area contributed by atoms with E-state index in [-0.39, 0.29) is 41.3 Å². The number of anilines is 2. The fraction of sp³-hybridized carbons (Fsp3) is 0.200. The Labute approximate surface area is 161 Å². The van der Waals surface area contributed by atoms with Crippen LogP contribution in [0.5, 0.6) is 0 Å². The van der Waals surface area contributed by atoms with Crippen molar-refractivity contribution in [1.82, 2.24) is 0 Å². The van der Waals surface area contributed by atoms with Gasteiger partial charge in [0, 0.05) is 17.7 Å². The van der Waals surface area contributed by atoms with Gasteiger partial charge in [0.15, 0.2) is 0 Å². The predicted octanol–water partition coefficient (Wildman–Crippen LogP) is 3.16. The molecule has 0 aliphatic carbocycles. The average Bonchev–Trinajstić information content (AvgIpc) is 2.68. The highest BCUT2D eigenvalue weighted by Gasteiger charge is 2.17. The number of benzene rings is 2. The van der Waals surface area contributed by atoms with E-state index in [1.54, 1.807) is 13.8 Å². The van der Waals surface area contributed by atoms with Gasteiger partial charge in [-0.1, -0.05) is 6.92 Å². The summed E-state index contributed by atoms with van der Waals surface area (Å²) in [5.74, 6) is -2.48. The Bertz CT molecular complexity index is 905. The van der Waals surface area contributed by atoms with E-state index in [1.165, 1.54) is 42.5 Å². The Balaban J connectivity index is 2.32. The van der Waals surface area contributed by atoms with Gasteiger partial charge in [0.25, 0.3) is 5.91 Å². The molecule has 0 aliphatic heterocycles. The highest BCUT2D eigenvalue weighted by Crippen LogP contribution is 2.23. The summed E-state index contributed by atoms with van der Waals surface area (Å²) in [7, 11) is 0. The lowest BCUT2D eigenvalue weighted by atomic mass is 10.1. The highest BCUT2D eigenvalue weighted by atomic mass is 16.5. The van der Waals surface area contributed by atoms with Crippen LogP contribution in [0.2, 0.25) is 0 Å². The Morgan fingerprint density at radius 3 is 2.14 bits per heavy atom. The number of esters is 1. The summed E-state index contributed by atoms with van der Waals surface area (Å²) >= 11 is 0. The van der Waals surface area contributed by atoms with Crippen molar-refractivity contribution in [2.24, 2.45) is 0 Å². The summed E-state index contributed by atoms with van der Waals surface area (Å²) in [6.07, 6.45) is 0.275. The number of hydrogen-bond acceptors (Lipinski definition) is 5. The minimum atomic E-state index is -1.10. The average molecular weight is 384 g/mol. The van der Waals surface area contributed by atoms with Crippen molar-refractivity contribution < 1.29 is 29.0 Å². The lowest BCUT2D eigenvalue weighted by Crippen LogP contribution is -2.17. The molecule has 0 heterocycles. The zero-order chi connectivity index (χ0) is 20.7. The first-order chi connectivity index (χ1) is 13.3. The van der Waals surface area contributed by atoms with E-state index in [0.717, 1.165) is 0 Å². The molecule has 0 fully saturated rings. The first-order valence-electron chi connectivity index (χ1n) is 8.61. The molecule has 0 spiro atoms. The second-order valence-corrected chi connectivity index (χ2v) is 5.72. The molecular formula is C20H20N2O6. The normalized spacial score (nSPS) is 10.1. The summed E-state index contributed by atoms with van der Waals surface area (Å²) < 4.78 is 5.00. The van der Waals surface area contributed by atoms with E-state index in [9.17, 15) is 19.2 Å². The van der Waals surface area contributed by atoms with E-state index in [4.69, 9.17) is 9.84 Å². The molecule has 8 nitrogen and oxygen atoms in total. The maximum absolute atomic E-state index is 12.5. The molecule has 2 amide bonds. The van der Waals surface area contributed by atoms with Gasteiger partial charge in [-0.2, -0.15) is 0 Å². The van der Waals surface area contributed by atoms with Crippen molar-refractivity contribution in [1.29, 1.82) is 0 Å². The number of hydrogen-bond donors (Lipinski definition) is 3. The van der Waals surface area contributed by atoms with E-state index in [0.29, 0.717) is 5.69 Å². The maximum atomic E-state index is 12.5. The number of ether oxygens (including phenoxy) is 1. The van der Waals surface area contributed by atoms with Gasteiger partial charge in [0.05, 0.1) is 23.4 Å². The third-order valence-corrected chi connectivity index (χ3v) is 3.76. The quantitative estimate of drug-likeness (QED) is 0.630. The lowest BCUT2D eigenvalue weighted by Gasteiger charge is -2.13. The van der Waals surface area contributed by atoms with Crippen molar-refractivity contribution in [2.75, 3.05) is 17.2 Å². The smallest absolute Gasteiger partial charge is 0.340 e. The fourth-order valence-electron chi connectivity index (χ4n) is 2.32. The SMILES string of the molecule is CCOC(=O)c1ccc(NC(=O)CC)cc1NC(=O)c1ccc(C(=O)O)cc1. The van der Waals surface area contributed by atoms with Gasteiger partial charge >= 0.3 is 11.9 Å². The molecule has 28 heavy (non-hydrogen) atoms. The number of carbonyl (C=O) groups is 4. The third kappa shape index (κ3) is 5.16. The molecule has 0 unspecified atom stereocenters. The molecule has 0 aliphatic rings. The van der Waals surface area contributed by atoms with Crippen LogP contribution < -0.4 is 10.6 Å². The Kier molecular flexibility index (Phi) is 6.86. The second kappa shape index (κ2) is 9.31. The van der Waals surface area contributed by atoms with Gasteiger partial charge in [-0.15, -0.1) is 0 Å². The summed E-state index contributed by atoms with van der Waals surface area (Å²) in [6, 6.07) is 9.80. The Morgan fingerprint density at radius 1 is 0.929 bits per heavy atom. The van der Waals surface area contributed by atoms with Crippen LogP contribution in [-0.4, -0.2) is 35.5 Å². The van der Waals surface area contributed by atoms with Crippen molar-refractivity contribution in [2.45, 2.75) is 20.3 Å². The van der Waals surface area contributed by atoms with Crippen LogP contribution in [0, 0.1) is 0 Å². The number of rotatable bonds is 7. The maximum Gasteiger partial charge on any atom is 0.340 e. The van der Waals surface area contributed by atoms with E-state index < -0.39 is 17.8 Å². The van der Waals surface area contributed by atoms with Gasteiger partial charge in [-0.25, -0.2) is 9.59 Å². The highest BCUT2D eigenvalue weighted by molar-refractivity contribution is 6.09. The topological polar surface area (TPSA) is 122 Å². The number of carbonyl (C=O) groups excluding carboxylic acids is 3. The van der Waals surface area contributed by atoms with E-state index in [1.807, 2.05) is 0 Å². The molecule has 0 aromatic heterocycles. The van der Waals surface area contributed by atoms with Gasteiger partial charge in [0.2, 0.25) is 5.91 Å². The summed E-state index contributed by atoms with van der Waals surface area (Å²) in [5, 5.41) is 14.2. The van der Waals surface area contributed by atoms with Gasteiger partial charge in [-0.3, -0.25) is 9.59 Å². The Morgan fingerprint density at radius 2 is 1.57 bits per heavy atom. The number of aromatic carboxylic acids is 1. The van der Waals surface area contributed by atoms with Gasteiger partial charge in [-0.05, 0) is 49.4 Å². The molecule has 0 radical (unpaired) electrons. The summed E-state index contributed by atoms with van der Waals surface area (Å²) in [6.45, 7) is 3.53. The molecule has 2 aromatic carbocycles. The van der Waals surface area contributed by atoms with Gasteiger partial charge in [0.1, 0.15) is 0 Å². The fourth-order valence-corrected chi connectivity index (χ4v) is 2.32. The first-order valence-corrected chi connectivity index (χ1v) is 8.61. The van der Waals surface area contributed by atoms with Crippen LogP contribution in [0.15, 0.2) is 42.5 Å². The molecule has 3 N–H and O–H groups in total. The number of nitrogens with one attached hydrogen (secondary N) is 2. The molecule has 0 saturated carbocycles. The molecule has 2 aromatic rings. The van der Waals surface area contributed by atoms with Crippen LogP contribution in [0.25, 0.3) is 0 Å². The van der Waals surface area contributed by atoms with Crippen LogP contribution in [0.1, 0.15) is 51.3 Å². The largest absolute Gasteiger partial charge is 0.478 e. The summed E-state index contributed by atoms with van der Waals surface area (Å²) in [5.41, 5.74) is 0.971. The number of carboxylic acid groups (broad SMARTS) is 1. The monoisotopic (exact) mass is 384 g/mol. The lowest BCUT2D eigenvalue weighted by molar-refractivity contribution is -0.115. The number of carboxylic acids is 1. The standard InChI is InChI=1S/C20H20N2O6/c1-3-17(23)21-14-9-10-15(20(27)28-4-2)16(11-14)22-18(24)12-5-7-13(8-6-12)19(25)26/h5-11H,3-4H2,1-2H3,(H,21,23)(H,22,24)(H,25,26). The second-order valence-electron chi connectivity index (χ2n) is 5.72. The third-order valence-electron chi connectivity index (χ3n) is 3.76. The number of amides is 2. The minimum absolute atomic E-state index is 0.0491. The first kappa shape index (κ1) is 20.6. The van der Waals surface area contributed by atoms with Crippen LogP contribution in [0.4, 0.5) is 11.4 Å². The van der Waals surface area contributed by atoms with Crippen molar-refractivity contribution >= 4 is 35.1 Å². The van der Waals surface area contributed by atoms with E-state index in [2.05, 4.69) is 10.6 Å². The van der Waals surface area contributed by atoms with Crippen molar-refractivity contribution in [3.05, 3.63) is 59.2 Å². The zero-order valence-corrected chi connectivity index (χ0v) is 15.4. The van der Waals surface area contributed by atoms with Crippen LogP contribution in [0.3, 0.4) is 0 Å². The molecule has 0 bridgehead atoms. The zero-order valence-electron chi connectivity index (χ0n) is 15.4. The van der Waals surface area contributed by atoms with Crippen molar-refractivity contribution in [3.8, 4) is 0 Å². The Hall–Kier alpha value is -3.68. The summed E-state index contributed by atoms with van der Waals surface area (Å²) in [4.78, 5) is 47.2. The molecular weight excluding hydrogens is 364 g/mol. The minimum Gasteiger partial charge on any atom is -0.478 e. The molecule has 146 valence electrons. The molecule has 8 heteroatoms. The van der Waals surface area contributed by atoms with Crippen LogP contribution in [-0.2, 0) is 9.53 Å². The predicted molar refractivity (Wildman–Crippen MR) is 103 cm³/mol. The molecule has 0 saturated heterocycles. The molecule has 2 rings (SSSR count). The molecule has 0 atom stereocenters. The van der Waals surface area contributed by atoms with Crippen molar-refractivity contribution in [3.63, 3.8) is 0 Å². The van der Waals surface area contributed by atoms with Crippen LogP contribution >= 0.6 is 0 Å².